The van der Waals surface area contributed by atoms with Gasteiger partial charge in [-0.3, -0.25) is 4.79 Å². The molecule has 0 unspecified atom stereocenters. The van der Waals surface area contributed by atoms with Gasteiger partial charge < -0.3 is 5.32 Å². The minimum atomic E-state index is -3.66. The molecule has 0 aliphatic rings. The summed E-state index contributed by atoms with van der Waals surface area (Å²) < 4.78 is 26.7. The van der Waals surface area contributed by atoms with Crippen molar-refractivity contribution >= 4 is 15.9 Å². The van der Waals surface area contributed by atoms with Gasteiger partial charge in [0.05, 0.1) is 11.4 Å². The van der Waals surface area contributed by atoms with E-state index in [1.165, 1.54) is 0 Å². The standard InChI is InChI=1S/C15H24N2O3S/c1-11(2)7-8-16-15(18)10-17-21(19,20)14-9-12(3)5-6-13(14)4/h5-6,9,11,17H,7-8,10H2,1-4H3,(H,16,18). The quantitative estimate of drug-likeness (QED) is 0.805. The molecule has 0 heterocycles. The van der Waals surface area contributed by atoms with Crippen molar-refractivity contribution in [3.8, 4) is 0 Å². The monoisotopic (exact) mass is 312 g/mol. The van der Waals surface area contributed by atoms with E-state index in [2.05, 4.69) is 23.9 Å². The SMILES string of the molecule is Cc1ccc(C)c(S(=O)(=O)NCC(=O)NCCC(C)C)c1. The Morgan fingerprint density at radius 3 is 2.52 bits per heavy atom. The van der Waals surface area contributed by atoms with Crippen LogP contribution in [0.3, 0.4) is 0 Å². The molecule has 0 aliphatic heterocycles. The van der Waals surface area contributed by atoms with Crippen molar-refractivity contribution in [1.82, 2.24) is 10.0 Å². The number of sulfonamides is 1. The summed E-state index contributed by atoms with van der Waals surface area (Å²) in [6.45, 7) is 8.01. The summed E-state index contributed by atoms with van der Waals surface area (Å²) in [5.74, 6) is 0.182. The smallest absolute Gasteiger partial charge is 0.241 e. The molecule has 0 spiro atoms. The fourth-order valence-corrected chi connectivity index (χ4v) is 3.11. The van der Waals surface area contributed by atoms with Crippen LogP contribution in [0.15, 0.2) is 23.1 Å². The molecule has 2 N–H and O–H groups in total. The second kappa shape index (κ2) is 7.56. The molecule has 6 heteroatoms. The fraction of sp³-hybridized carbons (Fsp3) is 0.533. The summed E-state index contributed by atoms with van der Waals surface area (Å²) >= 11 is 0. The van der Waals surface area contributed by atoms with E-state index in [1.54, 1.807) is 19.1 Å². The van der Waals surface area contributed by atoms with Crippen LogP contribution in [0.5, 0.6) is 0 Å². The Morgan fingerprint density at radius 2 is 1.90 bits per heavy atom. The van der Waals surface area contributed by atoms with Crippen LogP contribution in [0.4, 0.5) is 0 Å². The van der Waals surface area contributed by atoms with Gasteiger partial charge in [0.15, 0.2) is 0 Å². The van der Waals surface area contributed by atoms with E-state index in [0.29, 0.717) is 18.0 Å². The van der Waals surface area contributed by atoms with Crippen molar-refractivity contribution < 1.29 is 13.2 Å². The van der Waals surface area contributed by atoms with Crippen LogP contribution in [0.2, 0.25) is 0 Å². The van der Waals surface area contributed by atoms with E-state index < -0.39 is 10.0 Å². The van der Waals surface area contributed by atoms with Gasteiger partial charge >= 0.3 is 0 Å². The molecule has 5 nitrogen and oxygen atoms in total. The number of carbonyl (C=O) groups excluding carboxylic acids is 1. The zero-order valence-electron chi connectivity index (χ0n) is 13.1. The maximum atomic E-state index is 12.2. The lowest BCUT2D eigenvalue weighted by molar-refractivity contribution is -0.119. The van der Waals surface area contributed by atoms with Crippen LogP contribution >= 0.6 is 0 Å². The molecule has 1 rings (SSSR count). The number of hydrogen-bond donors (Lipinski definition) is 2. The first kappa shape index (κ1) is 17.7. The van der Waals surface area contributed by atoms with Crippen molar-refractivity contribution in [2.45, 2.75) is 39.0 Å². The summed E-state index contributed by atoms with van der Waals surface area (Å²) in [6, 6.07) is 5.22. The van der Waals surface area contributed by atoms with Gasteiger partial charge in [-0.2, -0.15) is 0 Å². The number of hydrogen-bond acceptors (Lipinski definition) is 3. The number of amides is 1. The Hall–Kier alpha value is -1.40. The molecule has 0 saturated carbocycles. The van der Waals surface area contributed by atoms with Gasteiger partial charge in [0.1, 0.15) is 0 Å². The van der Waals surface area contributed by atoms with Gasteiger partial charge in [-0.15, -0.1) is 0 Å². The lowest BCUT2D eigenvalue weighted by Crippen LogP contribution is -2.37. The van der Waals surface area contributed by atoms with E-state index in [-0.39, 0.29) is 17.3 Å². The Balaban J connectivity index is 2.61. The third-order valence-corrected chi connectivity index (χ3v) is 4.64. The maximum absolute atomic E-state index is 12.2. The number of nitrogens with one attached hydrogen (secondary N) is 2. The van der Waals surface area contributed by atoms with Crippen LogP contribution in [-0.4, -0.2) is 27.4 Å². The highest BCUT2D eigenvalue weighted by Gasteiger charge is 2.17. The van der Waals surface area contributed by atoms with E-state index in [4.69, 9.17) is 0 Å². The summed E-state index contributed by atoms with van der Waals surface area (Å²) in [5, 5.41) is 2.70. The van der Waals surface area contributed by atoms with Gasteiger partial charge in [-0.1, -0.05) is 26.0 Å². The summed E-state index contributed by atoms with van der Waals surface area (Å²) in [7, 11) is -3.66. The predicted octanol–water partition coefficient (Wildman–Crippen LogP) is 1.74. The minimum absolute atomic E-state index is 0.220. The number of rotatable bonds is 7. The topological polar surface area (TPSA) is 75.3 Å². The van der Waals surface area contributed by atoms with Crippen molar-refractivity contribution in [2.75, 3.05) is 13.1 Å². The lowest BCUT2D eigenvalue weighted by Gasteiger charge is -2.11. The van der Waals surface area contributed by atoms with Crippen LogP contribution in [-0.2, 0) is 14.8 Å². The molecule has 0 aromatic heterocycles. The Bertz CT molecular complexity index is 595. The summed E-state index contributed by atoms with van der Waals surface area (Å²) in [4.78, 5) is 11.8. The van der Waals surface area contributed by atoms with E-state index in [9.17, 15) is 13.2 Å². The molecule has 1 aromatic carbocycles. The zero-order chi connectivity index (χ0) is 16.0. The average Bonchev–Trinajstić information content (AvgIpc) is 2.39. The van der Waals surface area contributed by atoms with Crippen molar-refractivity contribution in [2.24, 2.45) is 5.92 Å². The molecule has 0 fully saturated rings. The molecule has 0 bridgehead atoms. The van der Waals surface area contributed by atoms with E-state index in [0.717, 1.165) is 12.0 Å². The molecule has 0 radical (unpaired) electrons. The molecular weight excluding hydrogens is 288 g/mol. The van der Waals surface area contributed by atoms with Gasteiger partial charge in [0, 0.05) is 6.54 Å². The third kappa shape index (κ3) is 5.85. The number of aryl methyl sites for hydroxylation is 2. The first-order valence-corrected chi connectivity index (χ1v) is 8.54. The van der Waals surface area contributed by atoms with E-state index in [1.807, 2.05) is 13.0 Å². The predicted molar refractivity (Wildman–Crippen MR) is 83.6 cm³/mol. The van der Waals surface area contributed by atoms with Gasteiger partial charge in [0.25, 0.3) is 0 Å². The second-order valence-corrected chi connectivity index (χ2v) is 7.36. The molecule has 21 heavy (non-hydrogen) atoms. The zero-order valence-corrected chi connectivity index (χ0v) is 13.9. The van der Waals surface area contributed by atoms with E-state index >= 15 is 0 Å². The largest absolute Gasteiger partial charge is 0.355 e. The first-order chi connectivity index (χ1) is 9.72. The Labute approximate surface area is 127 Å². The van der Waals surface area contributed by atoms with Crippen LogP contribution in [0, 0.1) is 19.8 Å². The maximum Gasteiger partial charge on any atom is 0.241 e. The van der Waals surface area contributed by atoms with Gasteiger partial charge in [-0.25, -0.2) is 13.1 Å². The van der Waals surface area contributed by atoms with Gasteiger partial charge in [-0.05, 0) is 43.4 Å². The third-order valence-electron chi connectivity index (χ3n) is 3.10. The van der Waals surface area contributed by atoms with Crippen LogP contribution in [0.25, 0.3) is 0 Å². The molecular formula is C15H24N2O3S. The molecule has 1 aromatic rings. The summed E-state index contributed by atoms with van der Waals surface area (Å²) in [6.07, 6.45) is 0.871. The first-order valence-electron chi connectivity index (χ1n) is 7.06. The minimum Gasteiger partial charge on any atom is -0.355 e. The van der Waals surface area contributed by atoms with Gasteiger partial charge in [0.2, 0.25) is 15.9 Å². The van der Waals surface area contributed by atoms with Crippen LogP contribution < -0.4 is 10.0 Å². The number of benzene rings is 1. The highest BCUT2D eigenvalue weighted by Crippen LogP contribution is 2.16. The molecule has 0 aliphatic carbocycles. The lowest BCUT2D eigenvalue weighted by atomic mass is 10.1. The number of carbonyl (C=O) groups is 1. The highest BCUT2D eigenvalue weighted by atomic mass is 32.2. The fourth-order valence-electron chi connectivity index (χ4n) is 1.80. The normalized spacial score (nSPS) is 11.7. The Morgan fingerprint density at radius 1 is 1.24 bits per heavy atom. The molecule has 118 valence electrons. The van der Waals surface area contributed by atoms with Crippen molar-refractivity contribution in [1.29, 1.82) is 0 Å². The molecule has 1 amide bonds. The second-order valence-electron chi connectivity index (χ2n) is 5.63. The Kier molecular flexibility index (Phi) is 6.36. The van der Waals surface area contributed by atoms with Crippen LogP contribution in [0.1, 0.15) is 31.4 Å². The average molecular weight is 312 g/mol. The van der Waals surface area contributed by atoms with Crippen molar-refractivity contribution in [3.63, 3.8) is 0 Å². The summed E-state index contributed by atoms with van der Waals surface area (Å²) in [5.41, 5.74) is 1.52. The molecule has 0 atom stereocenters. The highest BCUT2D eigenvalue weighted by molar-refractivity contribution is 7.89. The van der Waals surface area contributed by atoms with Crippen molar-refractivity contribution in [3.05, 3.63) is 29.3 Å². The molecule has 0 saturated heterocycles.